The molecular formula is C8H12O. The van der Waals surface area contributed by atoms with Gasteiger partial charge in [0, 0.05) is 5.92 Å². The maximum atomic E-state index is 9.06. The molecule has 0 aliphatic heterocycles. The predicted octanol–water partition coefficient (Wildman–Crippen LogP) is 1.17. The fourth-order valence-electron chi connectivity index (χ4n) is 1.29. The SMILES string of the molecule is CC#CC1CCC(O)C1. The highest BCUT2D eigenvalue weighted by Gasteiger charge is 2.20. The van der Waals surface area contributed by atoms with Crippen molar-refractivity contribution in [2.24, 2.45) is 5.92 Å². The zero-order valence-electron chi connectivity index (χ0n) is 5.72. The first-order valence-electron chi connectivity index (χ1n) is 3.43. The van der Waals surface area contributed by atoms with Gasteiger partial charge in [0.25, 0.3) is 0 Å². The van der Waals surface area contributed by atoms with Gasteiger partial charge in [-0.25, -0.2) is 0 Å². The van der Waals surface area contributed by atoms with Crippen LogP contribution in [0.1, 0.15) is 26.2 Å². The first-order valence-corrected chi connectivity index (χ1v) is 3.43. The molecule has 1 aliphatic carbocycles. The summed E-state index contributed by atoms with van der Waals surface area (Å²) in [5.41, 5.74) is 0. The van der Waals surface area contributed by atoms with Gasteiger partial charge in [-0.15, -0.1) is 11.8 Å². The Morgan fingerprint density at radius 3 is 2.67 bits per heavy atom. The maximum Gasteiger partial charge on any atom is 0.0552 e. The van der Waals surface area contributed by atoms with Crippen LogP contribution in [0.3, 0.4) is 0 Å². The summed E-state index contributed by atoms with van der Waals surface area (Å²) in [5, 5.41) is 9.06. The molecule has 1 fully saturated rings. The van der Waals surface area contributed by atoms with E-state index in [9.17, 15) is 0 Å². The molecule has 1 aliphatic rings. The van der Waals surface area contributed by atoms with Gasteiger partial charge in [0.1, 0.15) is 0 Å². The molecule has 0 saturated heterocycles. The van der Waals surface area contributed by atoms with Crippen molar-refractivity contribution in [1.29, 1.82) is 0 Å². The molecule has 2 atom stereocenters. The van der Waals surface area contributed by atoms with Crippen molar-refractivity contribution in [3.8, 4) is 11.8 Å². The lowest BCUT2D eigenvalue weighted by Crippen LogP contribution is -1.98. The standard InChI is InChI=1S/C8H12O/c1-2-3-7-4-5-8(9)6-7/h7-9H,4-6H2,1H3. The quantitative estimate of drug-likeness (QED) is 0.481. The zero-order valence-corrected chi connectivity index (χ0v) is 5.72. The van der Waals surface area contributed by atoms with E-state index in [0.29, 0.717) is 5.92 Å². The molecule has 9 heavy (non-hydrogen) atoms. The number of hydrogen-bond acceptors (Lipinski definition) is 1. The second kappa shape index (κ2) is 2.89. The van der Waals surface area contributed by atoms with Crippen LogP contribution in [-0.2, 0) is 0 Å². The Labute approximate surface area is 56.1 Å². The Bertz CT molecular complexity index is 140. The molecule has 0 bridgehead atoms. The van der Waals surface area contributed by atoms with Crippen LogP contribution in [0.5, 0.6) is 0 Å². The van der Waals surface area contributed by atoms with Crippen LogP contribution in [0.15, 0.2) is 0 Å². The average molecular weight is 124 g/mol. The van der Waals surface area contributed by atoms with Crippen LogP contribution < -0.4 is 0 Å². The van der Waals surface area contributed by atoms with Gasteiger partial charge in [0.05, 0.1) is 6.10 Å². The fourth-order valence-corrected chi connectivity index (χ4v) is 1.29. The molecule has 1 nitrogen and oxygen atoms in total. The molecule has 50 valence electrons. The molecule has 0 aromatic carbocycles. The molecule has 2 unspecified atom stereocenters. The van der Waals surface area contributed by atoms with E-state index in [4.69, 9.17) is 5.11 Å². The number of aliphatic hydroxyl groups excluding tert-OH is 1. The summed E-state index contributed by atoms with van der Waals surface area (Å²) >= 11 is 0. The fraction of sp³-hybridized carbons (Fsp3) is 0.750. The topological polar surface area (TPSA) is 20.2 Å². The second-order valence-electron chi connectivity index (χ2n) is 2.56. The molecule has 0 radical (unpaired) electrons. The summed E-state index contributed by atoms with van der Waals surface area (Å²) in [4.78, 5) is 0. The number of aliphatic hydroxyl groups is 1. The van der Waals surface area contributed by atoms with Crippen LogP contribution in [0.25, 0.3) is 0 Å². The van der Waals surface area contributed by atoms with Gasteiger partial charge in [-0.1, -0.05) is 0 Å². The van der Waals surface area contributed by atoms with E-state index in [2.05, 4.69) is 11.8 Å². The minimum absolute atomic E-state index is 0.0733. The maximum absolute atomic E-state index is 9.06. The number of hydrogen-bond donors (Lipinski definition) is 1. The first kappa shape index (κ1) is 6.64. The van der Waals surface area contributed by atoms with Crippen molar-refractivity contribution in [1.82, 2.24) is 0 Å². The monoisotopic (exact) mass is 124 g/mol. The molecule has 1 saturated carbocycles. The second-order valence-corrected chi connectivity index (χ2v) is 2.56. The Morgan fingerprint density at radius 1 is 1.44 bits per heavy atom. The summed E-state index contributed by atoms with van der Waals surface area (Å²) in [6, 6.07) is 0. The van der Waals surface area contributed by atoms with Crippen molar-refractivity contribution >= 4 is 0 Å². The lowest BCUT2D eigenvalue weighted by Gasteiger charge is -1.96. The van der Waals surface area contributed by atoms with Gasteiger partial charge in [-0.2, -0.15) is 0 Å². The highest BCUT2D eigenvalue weighted by molar-refractivity contribution is 5.03. The van der Waals surface area contributed by atoms with E-state index in [1.54, 1.807) is 0 Å². The molecular weight excluding hydrogens is 112 g/mol. The van der Waals surface area contributed by atoms with Crippen molar-refractivity contribution in [3.05, 3.63) is 0 Å². The van der Waals surface area contributed by atoms with E-state index >= 15 is 0 Å². The lowest BCUT2D eigenvalue weighted by molar-refractivity contribution is 0.180. The summed E-state index contributed by atoms with van der Waals surface area (Å²) in [6.45, 7) is 1.85. The molecule has 0 amide bonds. The largest absolute Gasteiger partial charge is 0.393 e. The van der Waals surface area contributed by atoms with Crippen LogP contribution in [0, 0.1) is 17.8 Å². The highest BCUT2D eigenvalue weighted by Crippen LogP contribution is 2.24. The van der Waals surface area contributed by atoms with Gasteiger partial charge in [-0.05, 0) is 26.2 Å². The van der Waals surface area contributed by atoms with Crippen LogP contribution >= 0.6 is 0 Å². The Hall–Kier alpha value is -0.480. The van der Waals surface area contributed by atoms with Crippen LogP contribution in [0.2, 0.25) is 0 Å². The van der Waals surface area contributed by atoms with Crippen molar-refractivity contribution in [2.45, 2.75) is 32.3 Å². The molecule has 0 heterocycles. The lowest BCUT2D eigenvalue weighted by atomic mass is 10.1. The van der Waals surface area contributed by atoms with E-state index in [1.807, 2.05) is 6.92 Å². The van der Waals surface area contributed by atoms with Gasteiger partial charge in [0.2, 0.25) is 0 Å². The molecule has 0 aromatic rings. The van der Waals surface area contributed by atoms with Gasteiger partial charge in [0.15, 0.2) is 0 Å². The van der Waals surface area contributed by atoms with Gasteiger partial charge in [-0.3, -0.25) is 0 Å². The predicted molar refractivity (Wildman–Crippen MR) is 36.8 cm³/mol. The minimum Gasteiger partial charge on any atom is -0.393 e. The Kier molecular flexibility index (Phi) is 2.13. The summed E-state index contributed by atoms with van der Waals surface area (Å²) in [5.74, 6) is 6.41. The minimum atomic E-state index is -0.0733. The van der Waals surface area contributed by atoms with Crippen LogP contribution in [-0.4, -0.2) is 11.2 Å². The third-order valence-corrected chi connectivity index (χ3v) is 1.75. The van der Waals surface area contributed by atoms with E-state index in [-0.39, 0.29) is 6.10 Å². The summed E-state index contributed by atoms with van der Waals surface area (Å²) in [7, 11) is 0. The Balaban J connectivity index is 2.36. The third-order valence-electron chi connectivity index (χ3n) is 1.75. The molecule has 1 N–H and O–H groups in total. The van der Waals surface area contributed by atoms with Gasteiger partial charge >= 0.3 is 0 Å². The first-order chi connectivity index (χ1) is 4.33. The normalized spacial score (nSPS) is 33.6. The molecule has 1 rings (SSSR count). The highest BCUT2D eigenvalue weighted by atomic mass is 16.3. The third kappa shape index (κ3) is 1.73. The van der Waals surface area contributed by atoms with Crippen molar-refractivity contribution in [3.63, 3.8) is 0 Å². The molecule has 1 heteroatoms. The van der Waals surface area contributed by atoms with Crippen molar-refractivity contribution in [2.75, 3.05) is 0 Å². The molecule has 0 spiro atoms. The summed E-state index contributed by atoms with van der Waals surface area (Å²) in [6.07, 6.45) is 2.85. The van der Waals surface area contributed by atoms with Crippen LogP contribution in [0.4, 0.5) is 0 Å². The summed E-state index contributed by atoms with van der Waals surface area (Å²) < 4.78 is 0. The average Bonchev–Trinajstić information content (AvgIpc) is 2.17. The van der Waals surface area contributed by atoms with E-state index in [1.165, 1.54) is 0 Å². The zero-order chi connectivity index (χ0) is 6.69. The van der Waals surface area contributed by atoms with Crippen molar-refractivity contribution < 1.29 is 5.11 Å². The Morgan fingerprint density at radius 2 is 2.22 bits per heavy atom. The number of rotatable bonds is 0. The van der Waals surface area contributed by atoms with E-state index < -0.39 is 0 Å². The van der Waals surface area contributed by atoms with Gasteiger partial charge < -0.3 is 5.11 Å². The molecule has 0 aromatic heterocycles. The smallest absolute Gasteiger partial charge is 0.0552 e. The van der Waals surface area contributed by atoms with E-state index in [0.717, 1.165) is 19.3 Å².